The number of likely N-dealkylation sites (N-methyl/N-ethyl adjacent to an activating group) is 1. The van der Waals surface area contributed by atoms with Crippen LogP contribution in [0.2, 0.25) is 0 Å². The molecule has 1 atom stereocenters. The Kier molecular flexibility index (Phi) is 7.46. The molecule has 2 rings (SSSR count). The van der Waals surface area contributed by atoms with Gasteiger partial charge in [0.25, 0.3) is 5.91 Å². The number of amides is 2. The van der Waals surface area contributed by atoms with Gasteiger partial charge in [-0.2, -0.15) is 5.26 Å². The second kappa shape index (κ2) is 9.80. The fraction of sp³-hybridized carbons (Fsp3) is 0.368. The fourth-order valence-electron chi connectivity index (χ4n) is 2.60. The summed E-state index contributed by atoms with van der Waals surface area (Å²) < 4.78 is 0. The van der Waals surface area contributed by atoms with Crippen LogP contribution in [-0.4, -0.2) is 34.8 Å². The van der Waals surface area contributed by atoms with Gasteiger partial charge in [-0.1, -0.05) is 19.1 Å². The topological polar surface area (TPSA) is 98.1 Å². The third-order valence-corrected chi connectivity index (χ3v) is 5.11. The summed E-state index contributed by atoms with van der Waals surface area (Å²) >= 11 is 1.42. The lowest BCUT2D eigenvalue weighted by Crippen LogP contribution is -2.47. The monoisotopic (exact) mass is 385 g/mol. The molecule has 0 aliphatic carbocycles. The predicted molar refractivity (Wildman–Crippen MR) is 104 cm³/mol. The number of nitrogens with zero attached hydrogens (tertiary/aromatic N) is 3. The molecule has 7 nitrogen and oxygen atoms in total. The highest BCUT2D eigenvalue weighted by molar-refractivity contribution is 7.09. The average Bonchev–Trinajstić information content (AvgIpc) is 3.08. The van der Waals surface area contributed by atoms with Crippen molar-refractivity contribution in [3.63, 3.8) is 0 Å². The minimum Gasteiger partial charge on any atom is -0.288 e. The summed E-state index contributed by atoms with van der Waals surface area (Å²) in [6, 6.07) is 9.40. The Balaban J connectivity index is 1.84. The Morgan fingerprint density at radius 3 is 2.48 bits per heavy atom. The van der Waals surface area contributed by atoms with E-state index in [1.807, 2.05) is 43.2 Å². The highest BCUT2D eigenvalue weighted by atomic mass is 32.1. The number of nitriles is 1. The highest BCUT2D eigenvalue weighted by Crippen LogP contribution is 2.20. The molecule has 0 bridgehead atoms. The van der Waals surface area contributed by atoms with Crippen LogP contribution >= 0.6 is 11.3 Å². The minimum absolute atomic E-state index is 0.00230. The van der Waals surface area contributed by atoms with Crippen molar-refractivity contribution in [1.82, 2.24) is 20.7 Å². The maximum atomic E-state index is 12.2. The molecule has 0 saturated heterocycles. The first kappa shape index (κ1) is 20.6. The number of aryl methyl sites for hydroxylation is 1. The van der Waals surface area contributed by atoms with Crippen LogP contribution in [0, 0.1) is 18.3 Å². The van der Waals surface area contributed by atoms with Crippen LogP contribution in [0.1, 0.15) is 41.7 Å². The number of benzene rings is 1. The van der Waals surface area contributed by atoms with Gasteiger partial charge in [0, 0.05) is 17.1 Å². The van der Waals surface area contributed by atoms with E-state index in [4.69, 9.17) is 5.26 Å². The second-order valence-electron chi connectivity index (χ2n) is 6.13. The number of hydrogen-bond acceptors (Lipinski definition) is 6. The Labute approximate surface area is 163 Å². The van der Waals surface area contributed by atoms with Crippen LogP contribution in [0.3, 0.4) is 0 Å². The normalized spacial score (nSPS) is 11.7. The molecule has 1 unspecified atom stereocenters. The quantitative estimate of drug-likeness (QED) is 0.711. The number of aromatic nitrogens is 1. The van der Waals surface area contributed by atoms with Crippen LogP contribution in [0.4, 0.5) is 0 Å². The Morgan fingerprint density at radius 2 is 1.93 bits per heavy atom. The minimum atomic E-state index is -0.305. The van der Waals surface area contributed by atoms with Crippen LogP contribution in [0.5, 0.6) is 0 Å². The van der Waals surface area contributed by atoms with Gasteiger partial charge in [-0.25, -0.2) is 4.98 Å². The zero-order chi connectivity index (χ0) is 19.8. The summed E-state index contributed by atoms with van der Waals surface area (Å²) in [5.41, 5.74) is 7.38. The van der Waals surface area contributed by atoms with Gasteiger partial charge >= 0.3 is 0 Å². The van der Waals surface area contributed by atoms with E-state index in [0.717, 1.165) is 11.3 Å². The molecular weight excluding hydrogens is 362 g/mol. The first-order chi connectivity index (χ1) is 12.9. The Morgan fingerprint density at radius 1 is 1.26 bits per heavy atom. The van der Waals surface area contributed by atoms with Crippen molar-refractivity contribution in [2.45, 2.75) is 33.2 Å². The van der Waals surface area contributed by atoms with Gasteiger partial charge in [0.1, 0.15) is 5.01 Å². The molecule has 1 aromatic carbocycles. The van der Waals surface area contributed by atoms with Gasteiger partial charge in [-0.05, 0) is 38.1 Å². The molecule has 0 radical (unpaired) electrons. The molecule has 0 fully saturated rings. The van der Waals surface area contributed by atoms with Gasteiger partial charge in [-0.15, -0.1) is 11.3 Å². The highest BCUT2D eigenvalue weighted by Gasteiger charge is 2.18. The number of hydrogen-bond donors (Lipinski definition) is 2. The van der Waals surface area contributed by atoms with Crippen LogP contribution in [0.25, 0.3) is 0 Å². The Hall–Kier alpha value is -2.76. The number of nitrogens with one attached hydrogen (secondary N) is 2. The molecule has 0 spiro atoms. The molecule has 8 heteroatoms. The van der Waals surface area contributed by atoms with Gasteiger partial charge in [-0.3, -0.25) is 25.3 Å². The molecule has 0 saturated carbocycles. The van der Waals surface area contributed by atoms with Crippen molar-refractivity contribution >= 4 is 23.2 Å². The van der Waals surface area contributed by atoms with E-state index in [1.54, 1.807) is 12.1 Å². The maximum absolute atomic E-state index is 12.2. The average molecular weight is 385 g/mol. The molecule has 0 aliphatic rings. The summed E-state index contributed by atoms with van der Waals surface area (Å²) in [7, 11) is 0. The van der Waals surface area contributed by atoms with Crippen molar-refractivity contribution in [3.8, 4) is 6.07 Å². The number of carbonyl (C=O) groups excluding carboxylic acids is 2. The second-order valence-corrected chi connectivity index (χ2v) is 7.07. The summed E-state index contributed by atoms with van der Waals surface area (Å²) in [6.45, 7) is 6.65. The zero-order valence-electron chi connectivity index (χ0n) is 15.7. The van der Waals surface area contributed by atoms with Crippen molar-refractivity contribution in [1.29, 1.82) is 5.26 Å². The summed E-state index contributed by atoms with van der Waals surface area (Å²) in [6.07, 6.45) is 0.137. The fourth-order valence-corrected chi connectivity index (χ4v) is 3.37. The number of hydrazine groups is 1. The smallest absolute Gasteiger partial charge is 0.252 e. The lowest BCUT2D eigenvalue weighted by Gasteiger charge is -2.27. The Bertz CT molecular complexity index is 825. The molecule has 0 aliphatic heterocycles. The van der Waals surface area contributed by atoms with E-state index in [-0.39, 0.29) is 30.8 Å². The standard InChI is InChI=1S/C19H23N5O2S/c1-4-24(14(3)16-7-5-15(10-20)6-8-16)11-18(26)23-22-17(25)9-19-21-13(2)12-27-19/h5-8,12,14H,4,9,11H2,1-3H3,(H,22,25)(H,23,26). The molecule has 142 valence electrons. The van der Waals surface area contributed by atoms with E-state index in [0.29, 0.717) is 17.1 Å². The first-order valence-electron chi connectivity index (χ1n) is 8.65. The van der Waals surface area contributed by atoms with Crippen LogP contribution < -0.4 is 10.9 Å². The predicted octanol–water partition coefficient (Wildman–Crippen LogP) is 2.10. The molecular formula is C19H23N5O2S. The van der Waals surface area contributed by atoms with Crippen molar-refractivity contribution in [2.75, 3.05) is 13.1 Å². The van der Waals surface area contributed by atoms with Crippen molar-refractivity contribution in [2.24, 2.45) is 0 Å². The lowest BCUT2D eigenvalue weighted by atomic mass is 10.1. The van der Waals surface area contributed by atoms with Gasteiger partial charge in [0.15, 0.2) is 0 Å². The molecule has 27 heavy (non-hydrogen) atoms. The summed E-state index contributed by atoms with van der Waals surface area (Å²) in [5, 5.41) is 11.5. The van der Waals surface area contributed by atoms with E-state index in [9.17, 15) is 9.59 Å². The molecule has 1 heterocycles. The largest absolute Gasteiger partial charge is 0.288 e. The third kappa shape index (κ3) is 6.16. The van der Waals surface area contributed by atoms with Gasteiger partial charge in [0.2, 0.25) is 5.91 Å². The van der Waals surface area contributed by atoms with E-state index < -0.39 is 0 Å². The number of thiazole rings is 1. The first-order valence-corrected chi connectivity index (χ1v) is 9.53. The van der Waals surface area contributed by atoms with Gasteiger partial charge in [0.05, 0.1) is 24.6 Å². The maximum Gasteiger partial charge on any atom is 0.252 e. The third-order valence-electron chi connectivity index (χ3n) is 4.14. The molecule has 1 aromatic heterocycles. The summed E-state index contributed by atoms with van der Waals surface area (Å²) in [4.78, 5) is 30.3. The van der Waals surface area contributed by atoms with E-state index in [1.165, 1.54) is 11.3 Å². The van der Waals surface area contributed by atoms with E-state index in [2.05, 4.69) is 21.9 Å². The summed E-state index contributed by atoms with van der Waals surface area (Å²) in [5.74, 6) is -0.595. The van der Waals surface area contributed by atoms with Crippen molar-refractivity contribution < 1.29 is 9.59 Å². The number of rotatable bonds is 7. The van der Waals surface area contributed by atoms with Crippen LogP contribution in [-0.2, 0) is 16.0 Å². The molecule has 2 N–H and O–H groups in total. The molecule has 2 amide bonds. The molecule has 2 aromatic rings. The van der Waals surface area contributed by atoms with Gasteiger partial charge < -0.3 is 0 Å². The lowest BCUT2D eigenvalue weighted by molar-refractivity contribution is -0.129. The van der Waals surface area contributed by atoms with Crippen LogP contribution in [0.15, 0.2) is 29.6 Å². The van der Waals surface area contributed by atoms with Crippen molar-refractivity contribution in [3.05, 3.63) is 51.5 Å². The number of carbonyl (C=O) groups is 2. The SMILES string of the molecule is CCN(CC(=O)NNC(=O)Cc1nc(C)cs1)C(C)c1ccc(C#N)cc1. The van der Waals surface area contributed by atoms with E-state index >= 15 is 0 Å². The zero-order valence-corrected chi connectivity index (χ0v) is 16.5.